The second-order valence-corrected chi connectivity index (χ2v) is 8.97. The Labute approximate surface area is 202 Å². The van der Waals surface area contributed by atoms with Gasteiger partial charge in [0, 0.05) is 5.69 Å². The van der Waals surface area contributed by atoms with Gasteiger partial charge in [-0.3, -0.25) is 14.2 Å². The number of hydrogen-bond acceptors (Lipinski definition) is 6. The van der Waals surface area contributed by atoms with Gasteiger partial charge < -0.3 is 10.1 Å². The summed E-state index contributed by atoms with van der Waals surface area (Å²) in [5.74, 6) is -0.963. The fourth-order valence-electron chi connectivity index (χ4n) is 3.18. The van der Waals surface area contributed by atoms with Crippen LogP contribution in [0.2, 0.25) is 10.0 Å². The molecule has 168 valence electrons. The lowest BCUT2D eigenvalue weighted by Crippen LogP contribution is -2.27. The summed E-state index contributed by atoms with van der Waals surface area (Å²) >= 11 is 12.9. The molecular weight excluding hydrogens is 485 g/mol. The number of benzene rings is 2. The Morgan fingerprint density at radius 1 is 1.12 bits per heavy atom. The zero-order chi connectivity index (χ0) is 23.5. The molecule has 1 N–H and O–H groups in total. The molecule has 0 radical (unpaired) electrons. The molecule has 4 aromatic rings. The van der Waals surface area contributed by atoms with Crippen molar-refractivity contribution in [3.8, 4) is 0 Å². The van der Waals surface area contributed by atoms with Crippen molar-refractivity contribution in [3.63, 3.8) is 0 Å². The monoisotopic (exact) mass is 501 g/mol. The molecule has 33 heavy (non-hydrogen) atoms. The van der Waals surface area contributed by atoms with Gasteiger partial charge in [-0.05, 0) is 36.2 Å². The van der Waals surface area contributed by atoms with Crippen LogP contribution in [0.3, 0.4) is 0 Å². The van der Waals surface area contributed by atoms with Gasteiger partial charge in [-0.15, -0.1) is 11.3 Å². The molecule has 0 aliphatic heterocycles. The molecule has 0 fully saturated rings. The minimum Gasteiger partial charge on any atom is -0.457 e. The molecule has 0 saturated heterocycles. The van der Waals surface area contributed by atoms with Crippen LogP contribution < -0.4 is 10.9 Å². The number of halogens is 2. The van der Waals surface area contributed by atoms with Crippen molar-refractivity contribution in [2.45, 2.75) is 20.1 Å². The number of rotatable bonds is 6. The highest BCUT2D eigenvalue weighted by atomic mass is 35.5. The molecule has 0 bridgehead atoms. The number of nitrogens with one attached hydrogen (secondary N) is 1. The van der Waals surface area contributed by atoms with Gasteiger partial charge in [-0.1, -0.05) is 53.5 Å². The lowest BCUT2D eigenvalue weighted by molar-refractivity contribution is -0.116. The van der Waals surface area contributed by atoms with Crippen molar-refractivity contribution in [3.05, 3.63) is 91.3 Å². The number of thiophene rings is 1. The van der Waals surface area contributed by atoms with Gasteiger partial charge in [0.25, 0.3) is 5.56 Å². The molecule has 7 nitrogen and oxygen atoms in total. The molecule has 10 heteroatoms. The van der Waals surface area contributed by atoms with Crippen molar-refractivity contribution in [1.29, 1.82) is 0 Å². The van der Waals surface area contributed by atoms with Crippen LogP contribution in [0, 0.1) is 6.92 Å². The first-order valence-electron chi connectivity index (χ1n) is 9.78. The van der Waals surface area contributed by atoms with Crippen LogP contribution >= 0.6 is 34.5 Å². The number of carbonyl (C=O) groups is 2. The van der Waals surface area contributed by atoms with Crippen molar-refractivity contribution < 1.29 is 14.3 Å². The largest absolute Gasteiger partial charge is 0.457 e. The molecule has 0 atom stereocenters. The zero-order valence-electron chi connectivity index (χ0n) is 17.3. The van der Waals surface area contributed by atoms with E-state index in [-0.39, 0.29) is 18.5 Å². The number of anilines is 1. The minimum atomic E-state index is -0.525. The van der Waals surface area contributed by atoms with Crippen LogP contribution in [-0.4, -0.2) is 21.4 Å². The first-order valence-corrected chi connectivity index (χ1v) is 11.3. The number of hydrogen-bond donors (Lipinski definition) is 1. The van der Waals surface area contributed by atoms with Gasteiger partial charge >= 0.3 is 5.97 Å². The maximum atomic E-state index is 13.0. The smallest absolute Gasteiger partial charge is 0.349 e. The maximum absolute atomic E-state index is 13.0. The van der Waals surface area contributed by atoms with Gasteiger partial charge in [0.2, 0.25) is 5.91 Å². The fraction of sp³-hybridized carbons (Fsp3) is 0.130. The summed E-state index contributed by atoms with van der Waals surface area (Å²) < 4.78 is 6.58. The van der Waals surface area contributed by atoms with E-state index in [2.05, 4.69) is 10.3 Å². The van der Waals surface area contributed by atoms with Gasteiger partial charge in [-0.2, -0.15) is 0 Å². The zero-order valence-corrected chi connectivity index (χ0v) is 19.6. The van der Waals surface area contributed by atoms with Crippen LogP contribution in [-0.2, 0) is 22.7 Å². The highest BCUT2D eigenvalue weighted by Gasteiger charge is 2.21. The number of esters is 1. The molecule has 0 aliphatic rings. The standard InChI is InChI=1S/C23H17Cl2N3O4S/c1-13-19-21(33-20(13)23(31)32-11-14-5-3-2-4-6-14)26-12-28(22(19)30)10-18(29)27-15-7-8-16(24)17(25)9-15/h2-9,12H,10-11H2,1H3,(H,27,29). The molecule has 1 amide bonds. The molecule has 2 heterocycles. The normalized spacial score (nSPS) is 10.9. The lowest BCUT2D eigenvalue weighted by Gasteiger charge is -2.08. The first-order chi connectivity index (χ1) is 15.8. The molecule has 2 aromatic carbocycles. The van der Waals surface area contributed by atoms with Crippen LogP contribution in [0.5, 0.6) is 0 Å². The predicted octanol–water partition coefficient (Wildman–Crippen LogP) is 5.07. The van der Waals surface area contributed by atoms with E-state index in [1.54, 1.807) is 19.1 Å². The number of amides is 1. The third-order valence-electron chi connectivity index (χ3n) is 4.83. The van der Waals surface area contributed by atoms with E-state index < -0.39 is 17.4 Å². The lowest BCUT2D eigenvalue weighted by atomic mass is 10.2. The molecular formula is C23H17Cl2N3O4S. The van der Waals surface area contributed by atoms with Crippen LogP contribution in [0.1, 0.15) is 20.8 Å². The summed E-state index contributed by atoms with van der Waals surface area (Å²) in [6.07, 6.45) is 1.29. The van der Waals surface area contributed by atoms with Crippen molar-refractivity contribution in [2.75, 3.05) is 5.32 Å². The molecule has 4 rings (SSSR count). The van der Waals surface area contributed by atoms with Crippen molar-refractivity contribution >= 4 is 62.3 Å². The van der Waals surface area contributed by atoms with E-state index in [4.69, 9.17) is 27.9 Å². The summed E-state index contributed by atoms with van der Waals surface area (Å²) in [6, 6.07) is 14.0. The number of aryl methyl sites for hydroxylation is 1. The Hall–Kier alpha value is -3.20. The fourth-order valence-corrected chi connectivity index (χ4v) is 4.52. The Bertz CT molecular complexity index is 1420. The molecule has 0 unspecified atom stereocenters. The van der Waals surface area contributed by atoms with Crippen molar-refractivity contribution in [1.82, 2.24) is 9.55 Å². The van der Waals surface area contributed by atoms with E-state index in [0.717, 1.165) is 16.9 Å². The van der Waals surface area contributed by atoms with Gasteiger partial charge in [0.1, 0.15) is 22.9 Å². The van der Waals surface area contributed by atoms with Crippen LogP contribution in [0.4, 0.5) is 5.69 Å². The molecule has 0 aliphatic carbocycles. The molecule has 2 aromatic heterocycles. The average Bonchev–Trinajstić information content (AvgIpc) is 3.14. The third kappa shape index (κ3) is 5.08. The Kier molecular flexibility index (Phi) is 6.78. The van der Waals surface area contributed by atoms with Crippen LogP contribution in [0.15, 0.2) is 59.7 Å². The van der Waals surface area contributed by atoms with Gasteiger partial charge in [-0.25, -0.2) is 9.78 Å². The van der Waals surface area contributed by atoms with Crippen LogP contribution in [0.25, 0.3) is 10.2 Å². The van der Waals surface area contributed by atoms with Gasteiger partial charge in [0.05, 0.1) is 21.8 Å². The van der Waals surface area contributed by atoms with E-state index in [0.29, 0.717) is 31.0 Å². The summed E-state index contributed by atoms with van der Waals surface area (Å²) in [6.45, 7) is 1.53. The average molecular weight is 502 g/mol. The minimum absolute atomic E-state index is 0.125. The van der Waals surface area contributed by atoms with E-state index in [1.807, 2.05) is 30.3 Å². The van der Waals surface area contributed by atoms with E-state index in [1.165, 1.54) is 17.0 Å². The number of nitrogens with zero attached hydrogens (tertiary/aromatic N) is 2. The van der Waals surface area contributed by atoms with Gasteiger partial charge in [0.15, 0.2) is 0 Å². The Morgan fingerprint density at radius 2 is 1.88 bits per heavy atom. The van der Waals surface area contributed by atoms with E-state index in [9.17, 15) is 14.4 Å². The SMILES string of the molecule is Cc1c(C(=O)OCc2ccccc2)sc2ncn(CC(=O)Nc3ccc(Cl)c(Cl)c3)c(=O)c12. The quantitative estimate of drug-likeness (QED) is 0.372. The highest BCUT2D eigenvalue weighted by Crippen LogP contribution is 2.28. The number of carbonyl (C=O) groups excluding carboxylic acids is 2. The summed E-state index contributed by atoms with van der Waals surface area (Å²) in [5.41, 5.74) is 1.37. The Morgan fingerprint density at radius 3 is 2.61 bits per heavy atom. The van der Waals surface area contributed by atoms with Crippen molar-refractivity contribution in [2.24, 2.45) is 0 Å². The second kappa shape index (κ2) is 9.74. The molecule has 0 spiro atoms. The molecule has 0 saturated carbocycles. The summed E-state index contributed by atoms with van der Waals surface area (Å²) in [4.78, 5) is 43.0. The first kappa shape index (κ1) is 23.0. The second-order valence-electron chi connectivity index (χ2n) is 7.15. The summed E-state index contributed by atoms with van der Waals surface area (Å²) in [7, 11) is 0. The Balaban J connectivity index is 1.52. The number of ether oxygens (including phenoxy) is 1. The highest BCUT2D eigenvalue weighted by molar-refractivity contribution is 7.20. The number of fused-ring (bicyclic) bond motifs is 1. The summed E-state index contributed by atoms with van der Waals surface area (Å²) in [5, 5.41) is 3.62. The number of aromatic nitrogens is 2. The third-order valence-corrected chi connectivity index (χ3v) is 6.75. The topological polar surface area (TPSA) is 90.3 Å². The van der Waals surface area contributed by atoms with E-state index >= 15 is 0 Å². The maximum Gasteiger partial charge on any atom is 0.349 e. The predicted molar refractivity (Wildman–Crippen MR) is 129 cm³/mol.